The third kappa shape index (κ3) is 0.980. The molecule has 86 valence electrons. The second kappa shape index (κ2) is 2.78. The van der Waals surface area contributed by atoms with E-state index >= 15 is 0 Å². The summed E-state index contributed by atoms with van der Waals surface area (Å²) in [5.74, 6) is 0.908. The Labute approximate surface area is 93.4 Å². The van der Waals surface area contributed by atoms with Crippen LogP contribution in [-0.4, -0.2) is 37.1 Å². The Kier molecular flexibility index (Phi) is 1.87. The zero-order chi connectivity index (χ0) is 10.8. The van der Waals surface area contributed by atoms with Gasteiger partial charge in [-0.3, -0.25) is 0 Å². The van der Waals surface area contributed by atoms with Crippen LogP contribution in [0.2, 0.25) is 0 Å². The Bertz CT molecular complexity index is 286. The van der Waals surface area contributed by atoms with Gasteiger partial charge in [0.05, 0.1) is 0 Å². The fourth-order valence-corrected chi connectivity index (χ4v) is 4.78. The van der Waals surface area contributed by atoms with Crippen LogP contribution in [0.5, 0.6) is 0 Å². The van der Waals surface area contributed by atoms with Crippen molar-refractivity contribution < 1.29 is 0 Å². The van der Waals surface area contributed by atoms with Crippen LogP contribution in [0, 0.1) is 16.7 Å². The Morgan fingerprint density at radius 3 is 2.67 bits per heavy atom. The molecule has 2 saturated carbocycles. The van der Waals surface area contributed by atoms with E-state index in [9.17, 15) is 0 Å². The van der Waals surface area contributed by atoms with Gasteiger partial charge < -0.3 is 10.2 Å². The first-order chi connectivity index (χ1) is 6.98. The molecule has 0 aromatic carbocycles. The predicted octanol–water partition coefficient (Wildman–Crippen LogP) is 1.71. The maximum Gasteiger partial charge on any atom is 0.0285 e. The Morgan fingerprint density at radius 1 is 1.27 bits per heavy atom. The molecule has 1 heterocycles. The third-order valence-electron chi connectivity index (χ3n) is 6.15. The highest BCUT2D eigenvalue weighted by molar-refractivity contribution is 5.20. The minimum atomic E-state index is 0.522. The van der Waals surface area contributed by atoms with Gasteiger partial charge in [0.1, 0.15) is 0 Å². The molecule has 2 aliphatic carbocycles. The number of piperazine rings is 1. The number of hydrogen-bond acceptors (Lipinski definition) is 2. The van der Waals surface area contributed by atoms with E-state index < -0.39 is 0 Å². The summed E-state index contributed by atoms with van der Waals surface area (Å²) in [6.45, 7) is 9.92. The number of nitrogens with zero attached hydrogens (tertiary/aromatic N) is 1. The van der Waals surface area contributed by atoms with Crippen LogP contribution in [0.3, 0.4) is 0 Å². The molecule has 0 amide bonds. The van der Waals surface area contributed by atoms with Crippen LogP contribution in [0.15, 0.2) is 0 Å². The summed E-state index contributed by atoms with van der Waals surface area (Å²) in [6.07, 6.45) is 2.86. The largest absolute Gasteiger partial charge is 0.311 e. The standard InChI is InChI=1S/C13H24N2/c1-12(2)9-5-6-13(12,3)11-10(9)15(4)8-7-14-11/h9-11,14H,5-8H2,1-4H3/t9-,10-,11-,13+/m1/s1. The lowest BCUT2D eigenvalue weighted by Gasteiger charge is -2.46. The van der Waals surface area contributed by atoms with Crippen molar-refractivity contribution in [2.75, 3.05) is 20.1 Å². The Balaban J connectivity index is 2.03. The summed E-state index contributed by atoms with van der Waals surface area (Å²) < 4.78 is 0. The van der Waals surface area contributed by atoms with E-state index in [1.165, 1.54) is 25.9 Å². The second-order valence-electron chi connectivity index (χ2n) is 6.69. The molecule has 15 heavy (non-hydrogen) atoms. The Hall–Kier alpha value is -0.0800. The van der Waals surface area contributed by atoms with Crippen LogP contribution >= 0.6 is 0 Å². The van der Waals surface area contributed by atoms with Crippen molar-refractivity contribution in [2.24, 2.45) is 16.7 Å². The lowest BCUT2D eigenvalue weighted by Crippen LogP contribution is -2.61. The zero-order valence-electron chi connectivity index (χ0n) is 10.5. The molecule has 1 saturated heterocycles. The molecular weight excluding hydrogens is 184 g/mol. The maximum absolute atomic E-state index is 3.80. The molecule has 3 rings (SSSR count). The summed E-state index contributed by atoms with van der Waals surface area (Å²) in [5, 5.41) is 3.80. The predicted molar refractivity (Wildman–Crippen MR) is 62.8 cm³/mol. The van der Waals surface area contributed by atoms with Gasteiger partial charge in [0.25, 0.3) is 0 Å². The molecule has 0 spiro atoms. The van der Waals surface area contributed by atoms with Crippen LogP contribution in [0.25, 0.3) is 0 Å². The van der Waals surface area contributed by atoms with Gasteiger partial charge in [-0.15, -0.1) is 0 Å². The van der Waals surface area contributed by atoms with E-state index in [1.54, 1.807) is 0 Å². The molecule has 2 heteroatoms. The van der Waals surface area contributed by atoms with Gasteiger partial charge >= 0.3 is 0 Å². The minimum absolute atomic E-state index is 0.522. The molecular formula is C13H24N2. The first kappa shape index (κ1) is 10.1. The van der Waals surface area contributed by atoms with Crippen LogP contribution in [0.4, 0.5) is 0 Å². The molecule has 0 radical (unpaired) electrons. The van der Waals surface area contributed by atoms with E-state index in [4.69, 9.17) is 0 Å². The monoisotopic (exact) mass is 208 g/mol. The van der Waals surface area contributed by atoms with Crippen molar-refractivity contribution in [3.63, 3.8) is 0 Å². The van der Waals surface area contributed by atoms with Crippen molar-refractivity contribution in [3.05, 3.63) is 0 Å². The summed E-state index contributed by atoms with van der Waals surface area (Å²) in [7, 11) is 2.32. The van der Waals surface area contributed by atoms with Crippen LogP contribution in [0.1, 0.15) is 33.6 Å². The lowest BCUT2D eigenvalue weighted by molar-refractivity contribution is 0.0726. The first-order valence-electron chi connectivity index (χ1n) is 6.42. The summed E-state index contributed by atoms with van der Waals surface area (Å²) >= 11 is 0. The molecule has 0 unspecified atom stereocenters. The zero-order valence-corrected chi connectivity index (χ0v) is 10.5. The van der Waals surface area contributed by atoms with Gasteiger partial charge in [0, 0.05) is 25.2 Å². The van der Waals surface area contributed by atoms with E-state index in [1.807, 2.05) is 0 Å². The molecule has 2 bridgehead atoms. The van der Waals surface area contributed by atoms with E-state index in [2.05, 4.69) is 38.0 Å². The number of nitrogens with one attached hydrogen (secondary N) is 1. The lowest BCUT2D eigenvalue weighted by atomic mass is 9.69. The first-order valence-corrected chi connectivity index (χ1v) is 6.42. The van der Waals surface area contributed by atoms with Crippen LogP contribution in [-0.2, 0) is 0 Å². The van der Waals surface area contributed by atoms with E-state index in [-0.39, 0.29) is 0 Å². The molecule has 0 aromatic heterocycles. The van der Waals surface area contributed by atoms with Crippen molar-refractivity contribution in [1.82, 2.24) is 10.2 Å². The average Bonchev–Trinajstić information content (AvgIpc) is 2.49. The molecule has 1 aliphatic heterocycles. The molecule has 0 aromatic rings. The molecule has 3 fully saturated rings. The summed E-state index contributed by atoms with van der Waals surface area (Å²) in [6, 6.07) is 1.54. The van der Waals surface area contributed by atoms with Crippen molar-refractivity contribution in [1.29, 1.82) is 0 Å². The van der Waals surface area contributed by atoms with E-state index in [0.29, 0.717) is 10.8 Å². The van der Waals surface area contributed by atoms with Crippen molar-refractivity contribution >= 4 is 0 Å². The van der Waals surface area contributed by atoms with Gasteiger partial charge in [-0.1, -0.05) is 20.8 Å². The maximum atomic E-state index is 3.80. The summed E-state index contributed by atoms with van der Waals surface area (Å²) in [5.41, 5.74) is 1.05. The van der Waals surface area contributed by atoms with Gasteiger partial charge in [-0.2, -0.15) is 0 Å². The highest BCUT2D eigenvalue weighted by Gasteiger charge is 2.67. The highest BCUT2D eigenvalue weighted by atomic mass is 15.2. The number of likely N-dealkylation sites (N-methyl/N-ethyl adjacent to an activating group) is 1. The Morgan fingerprint density at radius 2 is 2.00 bits per heavy atom. The quantitative estimate of drug-likeness (QED) is 0.652. The van der Waals surface area contributed by atoms with Gasteiger partial charge in [0.15, 0.2) is 0 Å². The highest BCUT2D eigenvalue weighted by Crippen LogP contribution is 2.66. The van der Waals surface area contributed by atoms with Crippen molar-refractivity contribution in [3.8, 4) is 0 Å². The third-order valence-corrected chi connectivity index (χ3v) is 6.15. The van der Waals surface area contributed by atoms with E-state index in [0.717, 1.165) is 18.0 Å². The molecule has 1 N–H and O–H groups in total. The minimum Gasteiger partial charge on any atom is -0.311 e. The van der Waals surface area contributed by atoms with Gasteiger partial charge in [0.2, 0.25) is 0 Å². The second-order valence-corrected chi connectivity index (χ2v) is 6.69. The molecule has 4 atom stereocenters. The SMILES string of the molecule is CN1CCN[C@@H]2[C@H]1[C@H]1CC[C@]2(C)C1(C)C. The van der Waals surface area contributed by atoms with Crippen molar-refractivity contribution in [2.45, 2.75) is 45.7 Å². The summed E-state index contributed by atoms with van der Waals surface area (Å²) in [4.78, 5) is 2.61. The van der Waals surface area contributed by atoms with Gasteiger partial charge in [-0.05, 0) is 36.6 Å². The molecule has 2 nitrogen and oxygen atoms in total. The number of rotatable bonds is 0. The topological polar surface area (TPSA) is 15.3 Å². The average molecular weight is 208 g/mol. The molecule has 3 aliphatic rings. The fraction of sp³-hybridized carbons (Fsp3) is 1.00. The fourth-order valence-electron chi connectivity index (χ4n) is 4.78. The number of fused-ring (bicyclic) bond motifs is 5. The smallest absolute Gasteiger partial charge is 0.0285 e. The van der Waals surface area contributed by atoms with Gasteiger partial charge in [-0.25, -0.2) is 0 Å². The number of hydrogen-bond donors (Lipinski definition) is 1. The van der Waals surface area contributed by atoms with Crippen LogP contribution < -0.4 is 5.32 Å². The normalized spacial score (nSPS) is 53.2.